The summed E-state index contributed by atoms with van der Waals surface area (Å²) in [6.45, 7) is 7.75. The third-order valence-corrected chi connectivity index (χ3v) is 3.83. The summed E-state index contributed by atoms with van der Waals surface area (Å²) in [7, 11) is 1.67. The van der Waals surface area contributed by atoms with E-state index in [1.165, 1.54) is 5.56 Å². The number of hydrogen-bond acceptors (Lipinski definition) is 4. The topological polar surface area (TPSA) is 59.6 Å². The molecule has 0 aromatic heterocycles. The van der Waals surface area contributed by atoms with Gasteiger partial charge in [-0.3, -0.25) is 0 Å². The number of benzene rings is 1. The minimum Gasteiger partial charge on any atom is -0.497 e. The normalized spacial score (nSPS) is 21.4. The zero-order valence-electron chi connectivity index (χ0n) is 14.7. The van der Waals surface area contributed by atoms with Gasteiger partial charge in [0.15, 0.2) is 0 Å². The standard InChI is InChI=1S/C18H28N2O3/c1-6-14(12-7-9-13(22-5)10-8-12)19-15-11-16(15)20-17(21)23-18(2,3)4/h7-10,14-16,19H,6,11H2,1-5H3,(H,20,21). The van der Waals surface area contributed by atoms with Gasteiger partial charge in [0.1, 0.15) is 11.4 Å². The van der Waals surface area contributed by atoms with Crippen molar-refractivity contribution in [2.45, 2.75) is 64.3 Å². The van der Waals surface area contributed by atoms with E-state index in [0.29, 0.717) is 6.04 Å². The Morgan fingerprint density at radius 2 is 1.91 bits per heavy atom. The molecule has 5 heteroatoms. The van der Waals surface area contributed by atoms with Crippen molar-refractivity contribution in [1.29, 1.82) is 0 Å². The molecule has 1 amide bonds. The van der Waals surface area contributed by atoms with Crippen molar-refractivity contribution < 1.29 is 14.3 Å². The summed E-state index contributed by atoms with van der Waals surface area (Å²) in [6.07, 6.45) is 1.58. The van der Waals surface area contributed by atoms with Crippen molar-refractivity contribution in [3.8, 4) is 5.75 Å². The molecular weight excluding hydrogens is 292 g/mol. The van der Waals surface area contributed by atoms with Crippen LogP contribution in [0.4, 0.5) is 4.79 Å². The first kappa shape index (κ1) is 17.6. The van der Waals surface area contributed by atoms with Crippen LogP contribution in [0.1, 0.15) is 52.1 Å². The van der Waals surface area contributed by atoms with E-state index < -0.39 is 5.60 Å². The lowest BCUT2D eigenvalue weighted by molar-refractivity contribution is 0.0522. The summed E-state index contributed by atoms with van der Waals surface area (Å²) >= 11 is 0. The van der Waals surface area contributed by atoms with Gasteiger partial charge < -0.3 is 20.1 Å². The number of nitrogens with one attached hydrogen (secondary N) is 2. The van der Waals surface area contributed by atoms with E-state index in [-0.39, 0.29) is 18.2 Å². The van der Waals surface area contributed by atoms with Gasteiger partial charge in [-0.05, 0) is 51.3 Å². The lowest BCUT2D eigenvalue weighted by atomic mass is 10.0. The molecule has 3 unspecified atom stereocenters. The molecular formula is C18H28N2O3. The van der Waals surface area contributed by atoms with Gasteiger partial charge in [0.05, 0.1) is 7.11 Å². The molecule has 0 radical (unpaired) electrons. The largest absolute Gasteiger partial charge is 0.497 e. The average molecular weight is 320 g/mol. The van der Waals surface area contributed by atoms with Gasteiger partial charge >= 0.3 is 6.09 Å². The molecule has 1 saturated carbocycles. The van der Waals surface area contributed by atoms with Crippen LogP contribution in [0.15, 0.2) is 24.3 Å². The van der Waals surface area contributed by atoms with E-state index in [1.54, 1.807) is 7.11 Å². The van der Waals surface area contributed by atoms with E-state index >= 15 is 0 Å². The van der Waals surface area contributed by atoms with Crippen LogP contribution >= 0.6 is 0 Å². The molecule has 0 aliphatic heterocycles. The highest BCUT2D eigenvalue weighted by Gasteiger charge is 2.40. The SMILES string of the molecule is CCC(NC1CC1NC(=O)OC(C)(C)C)c1ccc(OC)cc1. The highest BCUT2D eigenvalue weighted by atomic mass is 16.6. The zero-order chi connectivity index (χ0) is 17.0. The van der Waals surface area contributed by atoms with E-state index in [2.05, 4.69) is 29.7 Å². The first-order valence-corrected chi connectivity index (χ1v) is 8.22. The number of hydrogen-bond donors (Lipinski definition) is 2. The van der Waals surface area contributed by atoms with Crippen LogP contribution in [0.25, 0.3) is 0 Å². The maximum atomic E-state index is 11.8. The Morgan fingerprint density at radius 1 is 1.26 bits per heavy atom. The third-order valence-electron chi connectivity index (χ3n) is 3.83. The van der Waals surface area contributed by atoms with Gasteiger partial charge in [0, 0.05) is 18.1 Å². The molecule has 128 valence electrons. The van der Waals surface area contributed by atoms with Gasteiger partial charge in [-0.15, -0.1) is 0 Å². The average Bonchev–Trinajstić information content (AvgIpc) is 3.20. The number of ether oxygens (including phenoxy) is 2. The van der Waals surface area contributed by atoms with Crippen LogP contribution in [-0.4, -0.2) is 30.9 Å². The van der Waals surface area contributed by atoms with Crippen LogP contribution in [0, 0.1) is 0 Å². The Hall–Kier alpha value is -1.75. The number of rotatable bonds is 6. The molecule has 1 aromatic carbocycles. The maximum Gasteiger partial charge on any atom is 0.407 e. The molecule has 0 spiro atoms. The van der Waals surface area contributed by atoms with E-state index in [4.69, 9.17) is 9.47 Å². The van der Waals surface area contributed by atoms with Crippen LogP contribution in [0.3, 0.4) is 0 Å². The number of carbonyl (C=O) groups excluding carboxylic acids is 1. The number of alkyl carbamates (subject to hydrolysis) is 1. The predicted molar refractivity (Wildman–Crippen MR) is 90.7 cm³/mol. The van der Waals surface area contributed by atoms with Gasteiger partial charge in [0.2, 0.25) is 0 Å². The predicted octanol–water partition coefficient (Wildman–Crippen LogP) is 3.40. The Morgan fingerprint density at radius 3 is 2.43 bits per heavy atom. The Balaban J connectivity index is 1.83. The van der Waals surface area contributed by atoms with Gasteiger partial charge in [-0.1, -0.05) is 19.1 Å². The molecule has 0 heterocycles. The lowest BCUT2D eigenvalue weighted by Crippen LogP contribution is -2.37. The number of amides is 1. The minimum atomic E-state index is -0.461. The number of methoxy groups -OCH3 is 1. The van der Waals surface area contributed by atoms with Crippen molar-refractivity contribution in [2.75, 3.05) is 7.11 Å². The molecule has 0 saturated heterocycles. The maximum absolute atomic E-state index is 11.8. The Bertz CT molecular complexity index is 522. The van der Waals surface area contributed by atoms with Crippen molar-refractivity contribution >= 4 is 6.09 Å². The smallest absolute Gasteiger partial charge is 0.407 e. The third kappa shape index (κ3) is 5.43. The van der Waals surface area contributed by atoms with Crippen molar-refractivity contribution in [3.05, 3.63) is 29.8 Å². The summed E-state index contributed by atoms with van der Waals surface area (Å²) in [6, 6.07) is 8.84. The molecule has 1 aliphatic rings. The first-order chi connectivity index (χ1) is 10.8. The van der Waals surface area contributed by atoms with E-state index in [0.717, 1.165) is 18.6 Å². The van der Waals surface area contributed by atoms with Crippen LogP contribution in [0.2, 0.25) is 0 Å². The number of carbonyl (C=O) groups is 1. The zero-order valence-corrected chi connectivity index (χ0v) is 14.7. The highest BCUT2D eigenvalue weighted by molar-refractivity contribution is 5.68. The first-order valence-electron chi connectivity index (χ1n) is 8.22. The van der Waals surface area contributed by atoms with Crippen LogP contribution in [0.5, 0.6) is 5.75 Å². The molecule has 2 rings (SSSR count). The highest BCUT2D eigenvalue weighted by Crippen LogP contribution is 2.28. The second-order valence-corrected chi connectivity index (χ2v) is 7.00. The van der Waals surface area contributed by atoms with Gasteiger partial charge in [-0.2, -0.15) is 0 Å². The molecule has 3 atom stereocenters. The monoisotopic (exact) mass is 320 g/mol. The summed E-state index contributed by atoms with van der Waals surface area (Å²) < 4.78 is 10.5. The lowest BCUT2D eigenvalue weighted by Gasteiger charge is -2.20. The van der Waals surface area contributed by atoms with Gasteiger partial charge in [-0.25, -0.2) is 4.79 Å². The molecule has 2 N–H and O–H groups in total. The van der Waals surface area contributed by atoms with E-state index in [9.17, 15) is 4.79 Å². The Labute approximate surface area is 138 Å². The van der Waals surface area contributed by atoms with Crippen molar-refractivity contribution in [2.24, 2.45) is 0 Å². The van der Waals surface area contributed by atoms with Crippen molar-refractivity contribution in [3.63, 3.8) is 0 Å². The summed E-state index contributed by atoms with van der Waals surface area (Å²) in [5.74, 6) is 0.861. The molecule has 1 aromatic rings. The second kappa shape index (κ2) is 7.21. The molecule has 0 bridgehead atoms. The van der Waals surface area contributed by atoms with Gasteiger partial charge in [0.25, 0.3) is 0 Å². The molecule has 1 fully saturated rings. The second-order valence-electron chi connectivity index (χ2n) is 7.00. The van der Waals surface area contributed by atoms with Crippen LogP contribution in [-0.2, 0) is 4.74 Å². The fraction of sp³-hybridized carbons (Fsp3) is 0.611. The summed E-state index contributed by atoms with van der Waals surface area (Å²) in [5, 5.41) is 6.52. The van der Waals surface area contributed by atoms with Crippen LogP contribution < -0.4 is 15.4 Å². The summed E-state index contributed by atoms with van der Waals surface area (Å²) in [5.41, 5.74) is 0.771. The summed E-state index contributed by atoms with van der Waals surface area (Å²) in [4.78, 5) is 11.8. The van der Waals surface area contributed by atoms with Crippen molar-refractivity contribution in [1.82, 2.24) is 10.6 Å². The minimum absolute atomic E-state index is 0.150. The molecule has 1 aliphatic carbocycles. The fourth-order valence-electron chi connectivity index (χ4n) is 2.54. The quantitative estimate of drug-likeness (QED) is 0.843. The fourth-order valence-corrected chi connectivity index (χ4v) is 2.54. The molecule has 23 heavy (non-hydrogen) atoms. The van der Waals surface area contributed by atoms with E-state index in [1.807, 2.05) is 32.9 Å². The Kier molecular flexibility index (Phi) is 5.52. The molecule has 5 nitrogen and oxygen atoms in total.